The first-order valence-electron chi connectivity index (χ1n) is 10.3. The summed E-state index contributed by atoms with van der Waals surface area (Å²) in [5.74, 6) is 0. The molecule has 0 saturated carbocycles. The minimum Gasteiger partial charge on any atom is -0.255 e. The topological polar surface area (TPSA) is 38.7 Å². The Morgan fingerprint density at radius 1 is 0.586 bits per heavy atom. The summed E-state index contributed by atoms with van der Waals surface area (Å²) in [6, 6.07) is 25.3. The molecule has 6 rings (SSSR count). The average Bonchev–Trinajstić information content (AvgIpc) is 3.36. The van der Waals surface area contributed by atoms with Gasteiger partial charge in [-0.3, -0.25) is 9.97 Å². The number of hydrogen-bond acceptors (Lipinski definition) is 3. The van der Waals surface area contributed by atoms with Crippen molar-refractivity contribution in [2.24, 2.45) is 0 Å². The molecule has 3 heterocycles. The highest BCUT2D eigenvalue weighted by atomic mass is 14.9. The quantitative estimate of drug-likeness (QED) is 0.472. The van der Waals surface area contributed by atoms with Crippen LogP contribution >= 0.6 is 0 Å². The molecule has 0 radical (unpaired) electrons. The lowest BCUT2D eigenvalue weighted by atomic mass is 9.82. The summed E-state index contributed by atoms with van der Waals surface area (Å²) in [6.07, 6.45) is 6.17. The normalized spacial score (nSPS) is 19.3. The third-order valence-corrected chi connectivity index (χ3v) is 6.50. The van der Waals surface area contributed by atoms with Gasteiger partial charge in [0.1, 0.15) is 0 Å². The predicted octanol–water partition coefficient (Wildman–Crippen LogP) is 5.38. The molecule has 3 heteroatoms. The second-order valence-corrected chi connectivity index (χ2v) is 8.07. The van der Waals surface area contributed by atoms with Crippen LogP contribution in [0.25, 0.3) is 22.6 Å². The molecule has 0 amide bonds. The van der Waals surface area contributed by atoms with E-state index in [0.29, 0.717) is 0 Å². The van der Waals surface area contributed by atoms with Gasteiger partial charge in [-0.25, -0.2) is 4.98 Å². The summed E-state index contributed by atoms with van der Waals surface area (Å²) in [5, 5.41) is 0. The van der Waals surface area contributed by atoms with Gasteiger partial charge < -0.3 is 0 Å². The van der Waals surface area contributed by atoms with Crippen LogP contribution in [0.1, 0.15) is 35.4 Å². The maximum absolute atomic E-state index is 5.20. The lowest BCUT2D eigenvalue weighted by molar-refractivity contribution is 0.485. The molecule has 3 nitrogen and oxygen atoms in total. The first-order valence-corrected chi connectivity index (χ1v) is 10.3. The Morgan fingerprint density at radius 3 is 1.93 bits per heavy atom. The van der Waals surface area contributed by atoms with Gasteiger partial charge in [-0.2, -0.15) is 0 Å². The number of fused-ring (bicyclic) bond motifs is 4. The van der Waals surface area contributed by atoms with Crippen molar-refractivity contribution in [2.75, 3.05) is 0 Å². The van der Waals surface area contributed by atoms with Gasteiger partial charge in [-0.15, -0.1) is 0 Å². The molecule has 3 aromatic heterocycles. The van der Waals surface area contributed by atoms with E-state index in [1.54, 1.807) is 0 Å². The van der Waals surface area contributed by atoms with Crippen molar-refractivity contribution in [3.05, 3.63) is 102 Å². The Hall–Kier alpha value is -3.33. The van der Waals surface area contributed by atoms with Gasteiger partial charge in [0.25, 0.3) is 0 Å². The van der Waals surface area contributed by atoms with E-state index in [2.05, 4.69) is 59.6 Å². The summed E-state index contributed by atoms with van der Waals surface area (Å²) in [6.45, 7) is 0. The van der Waals surface area contributed by atoms with E-state index < -0.39 is 0 Å². The number of rotatable bonds is 2. The van der Waals surface area contributed by atoms with Crippen LogP contribution in [0.15, 0.2) is 79.0 Å². The minimum atomic E-state index is -0.0553. The predicted molar refractivity (Wildman–Crippen MR) is 115 cm³/mol. The van der Waals surface area contributed by atoms with E-state index in [-0.39, 0.29) is 5.41 Å². The van der Waals surface area contributed by atoms with E-state index >= 15 is 0 Å². The molecule has 140 valence electrons. The summed E-state index contributed by atoms with van der Waals surface area (Å²) in [4.78, 5) is 14.9. The van der Waals surface area contributed by atoms with E-state index in [0.717, 1.165) is 42.8 Å². The Balaban J connectivity index is 1.50. The zero-order valence-corrected chi connectivity index (χ0v) is 16.2. The molecule has 4 aromatic rings. The van der Waals surface area contributed by atoms with Crippen LogP contribution in [0.4, 0.5) is 0 Å². The van der Waals surface area contributed by atoms with Crippen molar-refractivity contribution in [3.63, 3.8) is 0 Å². The highest BCUT2D eigenvalue weighted by Crippen LogP contribution is 2.51. The van der Waals surface area contributed by atoms with Crippen LogP contribution in [0.5, 0.6) is 0 Å². The van der Waals surface area contributed by atoms with E-state index in [4.69, 9.17) is 9.97 Å². The number of benzene rings is 1. The molecule has 0 N–H and O–H groups in total. The number of hydrogen-bond donors (Lipinski definition) is 0. The third-order valence-electron chi connectivity index (χ3n) is 6.50. The molecule has 2 aliphatic rings. The van der Waals surface area contributed by atoms with Crippen molar-refractivity contribution in [3.8, 4) is 22.6 Å². The molecule has 0 unspecified atom stereocenters. The maximum atomic E-state index is 5.20. The van der Waals surface area contributed by atoms with Crippen LogP contribution in [-0.4, -0.2) is 15.0 Å². The molecule has 0 aliphatic heterocycles. The summed E-state index contributed by atoms with van der Waals surface area (Å²) in [7, 11) is 0. The second-order valence-electron chi connectivity index (χ2n) is 8.07. The molecule has 1 spiro atoms. The zero-order valence-electron chi connectivity index (χ0n) is 16.2. The van der Waals surface area contributed by atoms with Gasteiger partial charge >= 0.3 is 0 Å². The van der Waals surface area contributed by atoms with Gasteiger partial charge in [0.05, 0.1) is 33.9 Å². The monoisotopic (exact) mass is 375 g/mol. The lowest BCUT2D eigenvalue weighted by Gasteiger charge is -2.25. The molecule has 2 aliphatic carbocycles. The average molecular weight is 375 g/mol. The summed E-state index contributed by atoms with van der Waals surface area (Å²) < 4.78 is 0. The first-order chi connectivity index (χ1) is 14.3. The van der Waals surface area contributed by atoms with E-state index in [9.17, 15) is 0 Å². The van der Waals surface area contributed by atoms with Crippen molar-refractivity contribution in [1.82, 2.24) is 15.0 Å². The van der Waals surface area contributed by atoms with Gasteiger partial charge in [0.15, 0.2) is 0 Å². The Bertz CT molecular complexity index is 1100. The van der Waals surface area contributed by atoms with Gasteiger partial charge in [-0.1, -0.05) is 48.5 Å². The first kappa shape index (κ1) is 16.6. The van der Waals surface area contributed by atoms with Gasteiger partial charge in [-0.05, 0) is 61.1 Å². The van der Waals surface area contributed by atoms with Gasteiger partial charge in [0, 0.05) is 11.8 Å². The SMILES string of the molecule is c1ccc(-c2ccc3c(n2)[C@@]2(CC3)CCc3ccc(-c4ccccn4)nc32)cc1. The standard InChI is InChI=1S/C26H21N3/c1-2-6-18(7-3-1)21-11-9-19-13-15-26(24(19)28-21)16-14-20-10-12-23(29-25(20)26)22-8-4-5-17-27-22/h1-12,17H,13-16H2/t26-/m1/s1. The minimum absolute atomic E-state index is 0.0553. The van der Waals surface area contributed by atoms with Crippen LogP contribution in [0.3, 0.4) is 0 Å². The fourth-order valence-corrected chi connectivity index (χ4v) is 5.04. The van der Waals surface area contributed by atoms with Crippen molar-refractivity contribution in [2.45, 2.75) is 31.1 Å². The zero-order chi connectivity index (χ0) is 19.3. The fourth-order valence-electron chi connectivity index (χ4n) is 5.04. The summed E-state index contributed by atoms with van der Waals surface area (Å²) in [5.41, 5.74) is 9.26. The number of pyridine rings is 3. The van der Waals surface area contributed by atoms with Crippen molar-refractivity contribution in [1.29, 1.82) is 0 Å². The van der Waals surface area contributed by atoms with Crippen molar-refractivity contribution >= 4 is 0 Å². The number of nitrogens with zero attached hydrogens (tertiary/aromatic N) is 3. The lowest BCUT2D eigenvalue weighted by Crippen LogP contribution is -2.24. The van der Waals surface area contributed by atoms with E-state index in [1.807, 2.05) is 24.4 Å². The molecule has 0 bridgehead atoms. The van der Waals surface area contributed by atoms with Gasteiger partial charge in [0.2, 0.25) is 0 Å². The third kappa shape index (κ3) is 2.54. The second kappa shape index (κ2) is 6.35. The maximum Gasteiger partial charge on any atom is 0.0890 e. The van der Waals surface area contributed by atoms with Crippen LogP contribution in [0, 0.1) is 0 Å². The van der Waals surface area contributed by atoms with Crippen LogP contribution < -0.4 is 0 Å². The molecule has 1 atom stereocenters. The number of aryl methyl sites for hydroxylation is 2. The molecular weight excluding hydrogens is 354 g/mol. The summed E-state index contributed by atoms with van der Waals surface area (Å²) >= 11 is 0. The highest BCUT2D eigenvalue weighted by Gasteiger charge is 2.47. The molecule has 0 fully saturated rings. The number of aromatic nitrogens is 3. The molecule has 29 heavy (non-hydrogen) atoms. The highest BCUT2D eigenvalue weighted by molar-refractivity contribution is 5.62. The fraction of sp³-hybridized carbons (Fsp3) is 0.192. The smallest absolute Gasteiger partial charge is 0.0890 e. The van der Waals surface area contributed by atoms with Crippen molar-refractivity contribution < 1.29 is 0 Å². The largest absolute Gasteiger partial charge is 0.255 e. The van der Waals surface area contributed by atoms with Crippen LogP contribution in [0.2, 0.25) is 0 Å². The Labute approximate surface area is 170 Å². The molecule has 0 saturated heterocycles. The molecular formula is C26H21N3. The Kier molecular flexibility index (Phi) is 3.63. The molecule has 1 aromatic carbocycles. The Morgan fingerprint density at radius 2 is 1.24 bits per heavy atom. The van der Waals surface area contributed by atoms with E-state index in [1.165, 1.54) is 28.1 Å². The van der Waals surface area contributed by atoms with Crippen LogP contribution in [-0.2, 0) is 18.3 Å².